The minimum atomic E-state index is -4.72. The second-order valence-corrected chi connectivity index (χ2v) is 5.56. The van der Waals surface area contributed by atoms with Crippen molar-refractivity contribution in [3.8, 4) is 5.75 Å². The Hall–Kier alpha value is -2.90. The molecule has 0 aliphatic carbocycles. The van der Waals surface area contributed by atoms with Crippen LogP contribution in [0.25, 0.3) is 0 Å². The van der Waals surface area contributed by atoms with E-state index in [1.54, 1.807) is 0 Å². The molecule has 0 radical (unpaired) electrons. The Labute approximate surface area is 149 Å². The molecule has 0 fully saturated rings. The SMILES string of the molecule is C[C@@H](CNC(=O)OCc1ccccc1)Nc1ccc(OC(F)(F)F)cc1. The number of halogens is 3. The van der Waals surface area contributed by atoms with Crippen LogP contribution in [-0.4, -0.2) is 25.0 Å². The van der Waals surface area contributed by atoms with Crippen molar-refractivity contribution in [1.82, 2.24) is 5.32 Å². The molecule has 0 aliphatic heterocycles. The Morgan fingerprint density at radius 2 is 1.73 bits per heavy atom. The number of amides is 1. The van der Waals surface area contributed by atoms with Gasteiger partial charge >= 0.3 is 12.5 Å². The summed E-state index contributed by atoms with van der Waals surface area (Å²) in [6, 6.07) is 14.5. The molecular formula is C18H19F3N2O3. The van der Waals surface area contributed by atoms with Gasteiger partial charge in [0.05, 0.1) is 0 Å². The molecule has 2 aromatic carbocycles. The number of nitrogens with one attached hydrogen (secondary N) is 2. The molecule has 8 heteroatoms. The minimum absolute atomic E-state index is 0.159. The van der Waals surface area contributed by atoms with Gasteiger partial charge in [-0.2, -0.15) is 0 Å². The molecule has 0 aliphatic rings. The van der Waals surface area contributed by atoms with Crippen LogP contribution in [0.4, 0.5) is 23.7 Å². The average Bonchev–Trinajstić information content (AvgIpc) is 2.59. The van der Waals surface area contributed by atoms with E-state index < -0.39 is 12.5 Å². The number of anilines is 1. The molecule has 140 valence electrons. The van der Waals surface area contributed by atoms with Crippen LogP contribution < -0.4 is 15.4 Å². The number of rotatable bonds is 7. The number of carbonyl (C=O) groups excluding carboxylic acids is 1. The zero-order chi connectivity index (χ0) is 19.0. The summed E-state index contributed by atoms with van der Waals surface area (Å²) < 4.78 is 45.2. The molecule has 1 atom stereocenters. The molecule has 1 amide bonds. The topological polar surface area (TPSA) is 59.6 Å². The third kappa shape index (κ3) is 7.33. The lowest BCUT2D eigenvalue weighted by atomic mass is 10.2. The van der Waals surface area contributed by atoms with Gasteiger partial charge in [0.1, 0.15) is 12.4 Å². The van der Waals surface area contributed by atoms with Crippen molar-refractivity contribution in [3.05, 3.63) is 60.2 Å². The summed E-state index contributed by atoms with van der Waals surface area (Å²) in [5.74, 6) is -0.293. The van der Waals surface area contributed by atoms with Crippen LogP contribution in [0.15, 0.2) is 54.6 Å². The van der Waals surface area contributed by atoms with Crippen LogP contribution in [0, 0.1) is 0 Å². The van der Waals surface area contributed by atoms with Crippen molar-refractivity contribution in [3.63, 3.8) is 0 Å². The van der Waals surface area contributed by atoms with E-state index in [0.29, 0.717) is 5.69 Å². The highest BCUT2D eigenvalue weighted by Crippen LogP contribution is 2.24. The summed E-state index contributed by atoms with van der Waals surface area (Å²) in [7, 11) is 0. The van der Waals surface area contributed by atoms with Crippen LogP contribution >= 0.6 is 0 Å². The van der Waals surface area contributed by atoms with Gasteiger partial charge in [0.2, 0.25) is 0 Å². The molecule has 2 N–H and O–H groups in total. The second-order valence-electron chi connectivity index (χ2n) is 5.56. The minimum Gasteiger partial charge on any atom is -0.445 e. The van der Waals surface area contributed by atoms with E-state index in [2.05, 4.69) is 15.4 Å². The summed E-state index contributed by atoms with van der Waals surface area (Å²) >= 11 is 0. The highest BCUT2D eigenvalue weighted by molar-refractivity contribution is 5.67. The van der Waals surface area contributed by atoms with Gasteiger partial charge < -0.3 is 20.1 Å². The normalized spacial score (nSPS) is 12.2. The summed E-state index contributed by atoms with van der Waals surface area (Å²) in [4.78, 5) is 11.7. The quantitative estimate of drug-likeness (QED) is 0.765. The maximum absolute atomic E-state index is 12.1. The first-order chi connectivity index (χ1) is 12.3. The van der Waals surface area contributed by atoms with Crippen molar-refractivity contribution >= 4 is 11.8 Å². The summed E-state index contributed by atoms with van der Waals surface area (Å²) in [5.41, 5.74) is 1.49. The van der Waals surface area contributed by atoms with Crippen molar-refractivity contribution in [1.29, 1.82) is 0 Å². The van der Waals surface area contributed by atoms with E-state index in [1.165, 1.54) is 24.3 Å². The zero-order valence-electron chi connectivity index (χ0n) is 14.0. The van der Waals surface area contributed by atoms with E-state index in [9.17, 15) is 18.0 Å². The largest absolute Gasteiger partial charge is 0.573 e. The van der Waals surface area contributed by atoms with E-state index in [1.807, 2.05) is 37.3 Å². The van der Waals surface area contributed by atoms with Gasteiger partial charge in [-0.1, -0.05) is 30.3 Å². The number of benzene rings is 2. The maximum Gasteiger partial charge on any atom is 0.573 e. The lowest BCUT2D eigenvalue weighted by molar-refractivity contribution is -0.274. The molecule has 0 saturated heterocycles. The Bertz CT molecular complexity index is 691. The maximum atomic E-state index is 12.1. The van der Waals surface area contributed by atoms with E-state index in [0.717, 1.165) is 5.56 Å². The molecule has 2 aromatic rings. The molecule has 0 spiro atoms. The Balaban J connectivity index is 1.71. The molecular weight excluding hydrogens is 349 g/mol. The first kappa shape index (κ1) is 19.4. The Morgan fingerprint density at radius 3 is 2.35 bits per heavy atom. The predicted molar refractivity (Wildman–Crippen MR) is 90.8 cm³/mol. The highest BCUT2D eigenvalue weighted by Gasteiger charge is 2.30. The van der Waals surface area contributed by atoms with Gasteiger partial charge in [0, 0.05) is 18.3 Å². The molecule has 5 nitrogen and oxygen atoms in total. The van der Waals surface area contributed by atoms with Crippen LogP contribution in [0.3, 0.4) is 0 Å². The van der Waals surface area contributed by atoms with Gasteiger partial charge in [-0.25, -0.2) is 4.79 Å². The van der Waals surface area contributed by atoms with Crippen molar-refractivity contribution in [2.24, 2.45) is 0 Å². The van der Waals surface area contributed by atoms with E-state index >= 15 is 0 Å². The lowest BCUT2D eigenvalue weighted by Crippen LogP contribution is -2.34. The summed E-state index contributed by atoms with van der Waals surface area (Å²) in [6.07, 6.45) is -5.26. The molecule has 2 rings (SSSR count). The standard InChI is InChI=1S/C18H19F3N2O3/c1-13(11-22-17(24)25-12-14-5-3-2-4-6-14)23-15-7-9-16(10-8-15)26-18(19,20)21/h2-10,13,23H,11-12H2,1H3,(H,22,24)/t13-/m0/s1. The van der Waals surface area contributed by atoms with Crippen molar-refractivity contribution in [2.45, 2.75) is 25.9 Å². The Morgan fingerprint density at radius 1 is 1.08 bits per heavy atom. The molecule has 0 unspecified atom stereocenters. The molecule has 26 heavy (non-hydrogen) atoms. The fourth-order valence-electron chi connectivity index (χ4n) is 2.10. The van der Waals surface area contributed by atoms with Crippen molar-refractivity contribution in [2.75, 3.05) is 11.9 Å². The number of hydrogen-bond donors (Lipinski definition) is 2. The molecule has 0 saturated carbocycles. The first-order valence-corrected chi connectivity index (χ1v) is 7.89. The fraction of sp³-hybridized carbons (Fsp3) is 0.278. The number of alkyl halides is 3. The van der Waals surface area contributed by atoms with Crippen LogP contribution in [0.5, 0.6) is 5.75 Å². The van der Waals surface area contributed by atoms with E-state index in [4.69, 9.17) is 4.74 Å². The molecule has 0 heterocycles. The average molecular weight is 368 g/mol. The third-order valence-corrected chi connectivity index (χ3v) is 3.27. The van der Waals surface area contributed by atoms with Gasteiger partial charge in [0.15, 0.2) is 0 Å². The van der Waals surface area contributed by atoms with Crippen molar-refractivity contribution < 1.29 is 27.4 Å². The molecule has 0 bridgehead atoms. The first-order valence-electron chi connectivity index (χ1n) is 7.89. The Kier molecular flexibility index (Phi) is 6.71. The van der Waals surface area contributed by atoms with E-state index in [-0.39, 0.29) is 24.9 Å². The number of ether oxygens (including phenoxy) is 2. The third-order valence-electron chi connectivity index (χ3n) is 3.27. The van der Waals surface area contributed by atoms with Crippen LogP contribution in [0.1, 0.15) is 12.5 Å². The smallest absolute Gasteiger partial charge is 0.445 e. The number of carbonyl (C=O) groups is 1. The van der Waals surface area contributed by atoms with Crippen LogP contribution in [-0.2, 0) is 11.3 Å². The van der Waals surface area contributed by atoms with Crippen LogP contribution in [0.2, 0.25) is 0 Å². The van der Waals surface area contributed by atoms with Gasteiger partial charge in [-0.3, -0.25) is 0 Å². The highest BCUT2D eigenvalue weighted by atomic mass is 19.4. The second kappa shape index (κ2) is 8.98. The zero-order valence-corrected chi connectivity index (χ0v) is 14.0. The van der Waals surface area contributed by atoms with Gasteiger partial charge in [-0.05, 0) is 36.8 Å². The number of alkyl carbamates (subject to hydrolysis) is 1. The van der Waals surface area contributed by atoms with Gasteiger partial charge in [0.25, 0.3) is 0 Å². The predicted octanol–water partition coefficient (Wildman–Crippen LogP) is 4.31. The summed E-state index contributed by atoms with van der Waals surface area (Å²) in [5, 5.41) is 5.67. The fourth-order valence-corrected chi connectivity index (χ4v) is 2.10. The van der Waals surface area contributed by atoms with Gasteiger partial charge in [-0.15, -0.1) is 13.2 Å². The lowest BCUT2D eigenvalue weighted by Gasteiger charge is -2.16. The monoisotopic (exact) mass is 368 g/mol. The number of hydrogen-bond acceptors (Lipinski definition) is 4. The molecule has 0 aromatic heterocycles. The summed E-state index contributed by atoms with van der Waals surface area (Å²) in [6.45, 7) is 2.28.